The summed E-state index contributed by atoms with van der Waals surface area (Å²) >= 11 is 9.66. The number of benzene rings is 1. The monoisotopic (exact) mass is 327 g/mol. The van der Waals surface area contributed by atoms with Gasteiger partial charge in [0.25, 0.3) is 0 Å². The minimum absolute atomic E-state index is 0.220. The Hall–Kier alpha value is -0.840. The van der Waals surface area contributed by atoms with Crippen LogP contribution in [0.15, 0.2) is 35.1 Å². The van der Waals surface area contributed by atoms with Crippen LogP contribution in [0.5, 0.6) is 0 Å². The first-order chi connectivity index (χ1) is 8.60. The Kier molecular flexibility index (Phi) is 4.43. The average molecular weight is 329 g/mol. The molecule has 1 N–H and O–H groups in total. The fourth-order valence-corrected chi connectivity index (χ4v) is 2.66. The van der Waals surface area contributed by atoms with Crippen molar-refractivity contribution in [1.82, 2.24) is 15.1 Å². The molecule has 2 aromatic rings. The molecule has 1 aromatic carbocycles. The van der Waals surface area contributed by atoms with Crippen molar-refractivity contribution in [2.45, 2.75) is 12.5 Å². The SMILES string of the molecule is CNC(Cc1ccc(Br)cc1Cl)c1cnn(C)c1. The highest BCUT2D eigenvalue weighted by Gasteiger charge is 2.13. The number of hydrogen-bond donors (Lipinski definition) is 1. The van der Waals surface area contributed by atoms with E-state index in [1.165, 1.54) is 5.56 Å². The molecular weight excluding hydrogens is 314 g/mol. The predicted octanol–water partition coefficient (Wildman–Crippen LogP) is 3.34. The first-order valence-electron chi connectivity index (χ1n) is 5.70. The summed E-state index contributed by atoms with van der Waals surface area (Å²) in [5.41, 5.74) is 2.29. The maximum Gasteiger partial charge on any atom is 0.0537 e. The van der Waals surface area contributed by atoms with Crippen LogP contribution in [0.2, 0.25) is 5.02 Å². The van der Waals surface area contributed by atoms with Gasteiger partial charge in [-0.05, 0) is 31.2 Å². The third-order valence-electron chi connectivity index (χ3n) is 2.91. The molecule has 18 heavy (non-hydrogen) atoms. The Morgan fingerprint density at radius 2 is 2.28 bits per heavy atom. The Bertz CT molecular complexity index is 539. The summed E-state index contributed by atoms with van der Waals surface area (Å²) in [6.07, 6.45) is 4.75. The van der Waals surface area contributed by atoms with Crippen molar-refractivity contribution < 1.29 is 0 Å². The molecule has 1 atom stereocenters. The van der Waals surface area contributed by atoms with Gasteiger partial charge in [-0.1, -0.05) is 33.6 Å². The van der Waals surface area contributed by atoms with Gasteiger partial charge in [-0.25, -0.2) is 0 Å². The van der Waals surface area contributed by atoms with E-state index in [0.29, 0.717) is 0 Å². The number of nitrogens with one attached hydrogen (secondary N) is 1. The Morgan fingerprint density at radius 1 is 1.50 bits per heavy atom. The smallest absolute Gasteiger partial charge is 0.0537 e. The van der Waals surface area contributed by atoms with Crippen molar-refractivity contribution in [2.75, 3.05) is 7.05 Å². The van der Waals surface area contributed by atoms with Crippen LogP contribution in [0.1, 0.15) is 17.2 Å². The molecule has 0 saturated heterocycles. The Balaban J connectivity index is 2.20. The van der Waals surface area contributed by atoms with Gasteiger partial charge in [0, 0.05) is 34.3 Å². The molecular formula is C13H15BrClN3. The second-order valence-electron chi connectivity index (χ2n) is 4.23. The molecule has 2 rings (SSSR count). The number of halogens is 2. The first kappa shape index (κ1) is 13.6. The van der Waals surface area contributed by atoms with Gasteiger partial charge in [0.15, 0.2) is 0 Å². The summed E-state index contributed by atoms with van der Waals surface area (Å²) in [5, 5.41) is 8.28. The van der Waals surface area contributed by atoms with Crippen molar-refractivity contribution in [2.24, 2.45) is 7.05 Å². The van der Waals surface area contributed by atoms with E-state index in [0.717, 1.165) is 21.5 Å². The van der Waals surface area contributed by atoms with Crippen LogP contribution < -0.4 is 5.32 Å². The van der Waals surface area contributed by atoms with Gasteiger partial charge in [0.1, 0.15) is 0 Å². The molecule has 0 fully saturated rings. The average Bonchev–Trinajstić information content (AvgIpc) is 2.75. The van der Waals surface area contributed by atoms with Gasteiger partial charge in [-0.2, -0.15) is 5.10 Å². The van der Waals surface area contributed by atoms with Crippen molar-refractivity contribution in [3.63, 3.8) is 0 Å². The number of aryl methyl sites for hydroxylation is 1. The van der Waals surface area contributed by atoms with Gasteiger partial charge in [-0.15, -0.1) is 0 Å². The van der Waals surface area contributed by atoms with Gasteiger partial charge in [-0.3, -0.25) is 4.68 Å². The second-order valence-corrected chi connectivity index (χ2v) is 5.55. The molecule has 3 nitrogen and oxygen atoms in total. The summed E-state index contributed by atoms with van der Waals surface area (Å²) in [5.74, 6) is 0. The number of aromatic nitrogens is 2. The Morgan fingerprint density at radius 3 is 2.83 bits per heavy atom. The summed E-state index contributed by atoms with van der Waals surface area (Å²) in [6, 6.07) is 6.20. The maximum absolute atomic E-state index is 6.24. The zero-order valence-electron chi connectivity index (χ0n) is 10.3. The molecule has 0 aliphatic heterocycles. The lowest BCUT2D eigenvalue weighted by molar-refractivity contribution is 0.591. The highest BCUT2D eigenvalue weighted by molar-refractivity contribution is 9.10. The minimum Gasteiger partial charge on any atom is -0.313 e. The minimum atomic E-state index is 0.220. The van der Waals surface area contributed by atoms with Gasteiger partial charge in [0.05, 0.1) is 6.20 Å². The Labute approximate surface area is 120 Å². The standard InChI is InChI=1S/C13H15BrClN3/c1-16-13(10-7-17-18(2)8-10)5-9-3-4-11(14)6-12(9)15/h3-4,6-8,13,16H,5H2,1-2H3. The number of likely N-dealkylation sites (N-methyl/N-ethyl adjacent to an activating group) is 1. The maximum atomic E-state index is 6.24. The van der Waals surface area contributed by atoms with Gasteiger partial charge < -0.3 is 5.32 Å². The summed E-state index contributed by atoms with van der Waals surface area (Å²) in [6.45, 7) is 0. The molecule has 1 aromatic heterocycles. The zero-order valence-corrected chi connectivity index (χ0v) is 12.7. The van der Waals surface area contributed by atoms with Crippen LogP contribution in [0.25, 0.3) is 0 Å². The molecule has 0 aliphatic carbocycles. The highest BCUT2D eigenvalue weighted by atomic mass is 79.9. The van der Waals surface area contributed by atoms with Crippen LogP contribution in [-0.2, 0) is 13.5 Å². The largest absolute Gasteiger partial charge is 0.313 e. The summed E-state index contributed by atoms with van der Waals surface area (Å²) in [7, 11) is 3.87. The van der Waals surface area contributed by atoms with E-state index in [9.17, 15) is 0 Å². The molecule has 0 spiro atoms. The van der Waals surface area contributed by atoms with E-state index in [-0.39, 0.29) is 6.04 Å². The van der Waals surface area contributed by atoms with Crippen molar-refractivity contribution >= 4 is 27.5 Å². The van der Waals surface area contributed by atoms with Crippen LogP contribution in [0.3, 0.4) is 0 Å². The van der Waals surface area contributed by atoms with E-state index in [2.05, 4.69) is 26.3 Å². The van der Waals surface area contributed by atoms with Gasteiger partial charge >= 0.3 is 0 Å². The fourth-order valence-electron chi connectivity index (χ4n) is 1.91. The molecule has 1 heterocycles. The summed E-state index contributed by atoms with van der Waals surface area (Å²) < 4.78 is 2.81. The number of nitrogens with zero attached hydrogens (tertiary/aromatic N) is 2. The van der Waals surface area contributed by atoms with Crippen LogP contribution in [0, 0.1) is 0 Å². The predicted molar refractivity (Wildman–Crippen MR) is 77.9 cm³/mol. The van der Waals surface area contributed by atoms with Crippen molar-refractivity contribution in [3.05, 3.63) is 51.2 Å². The molecule has 96 valence electrons. The lowest BCUT2D eigenvalue weighted by Gasteiger charge is -2.15. The summed E-state index contributed by atoms with van der Waals surface area (Å²) in [4.78, 5) is 0. The molecule has 0 radical (unpaired) electrons. The topological polar surface area (TPSA) is 29.9 Å². The zero-order chi connectivity index (χ0) is 13.1. The third-order valence-corrected chi connectivity index (χ3v) is 3.76. The van der Waals surface area contributed by atoms with E-state index >= 15 is 0 Å². The number of hydrogen-bond acceptors (Lipinski definition) is 2. The molecule has 0 bridgehead atoms. The molecule has 5 heteroatoms. The third kappa shape index (κ3) is 3.13. The van der Waals surface area contributed by atoms with E-state index in [1.54, 1.807) is 0 Å². The van der Waals surface area contributed by atoms with Crippen LogP contribution >= 0.6 is 27.5 Å². The second kappa shape index (κ2) is 5.87. The van der Waals surface area contributed by atoms with E-state index in [4.69, 9.17) is 11.6 Å². The molecule has 0 aliphatic rings. The lowest BCUT2D eigenvalue weighted by Crippen LogP contribution is -2.18. The number of rotatable bonds is 4. The van der Waals surface area contributed by atoms with Crippen LogP contribution in [-0.4, -0.2) is 16.8 Å². The van der Waals surface area contributed by atoms with E-state index < -0.39 is 0 Å². The van der Waals surface area contributed by atoms with Crippen molar-refractivity contribution in [3.8, 4) is 0 Å². The van der Waals surface area contributed by atoms with Crippen LogP contribution in [0.4, 0.5) is 0 Å². The molecule has 0 amide bonds. The normalized spacial score (nSPS) is 12.7. The lowest BCUT2D eigenvalue weighted by atomic mass is 10.0. The van der Waals surface area contributed by atoms with Crippen molar-refractivity contribution in [1.29, 1.82) is 0 Å². The quantitative estimate of drug-likeness (QED) is 0.933. The highest BCUT2D eigenvalue weighted by Crippen LogP contribution is 2.26. The molecule has 1 unspecified atom stereocenters. The first-order valence-corrected chi connectivity index (χ1v) is 6.87. The van der Waals surface area contributed by atoms with E-state index in [1.807, 2.05) is 49.4 Å². The fraction of sp³-hybridized carbons (Fsp3) is 0.308. The molecule has 0 saturated carbocycles. The van der Waals surface area contributed by atoms with Gasteiger partial charge in [0.2, 0.25) is 0 Å².